The van der Waals surface area contributed by atoms with Gasteiger partial charge in [0.05, 0.1) is 41.9 Å². The molecule has 236 valence electrons. The third-order valence-electron chi connectivity index (χ3n) is 8.45. The van der Waals surface area contributed by atoms with E-state index in [1.165, 1.54) is 30.4 Å². The van der Waals surface area contributed by atoms with Gasteiger partial charge in [0.1, 0.15) is 17.2 Å². The van der Waals surface area contributed by atoms with E-state index in [1.807, 2.05) is 6.92 Å². The molecule has 1 aromatic carbocycles. The van der Waals surface area contributed by atoms with Crippen LogP contribution in [0.4, 0.5) is 23.2 Å². The van der Waals surface area contributed by atoms with Crippen molar-refractivity contribution in [3.8, 4) is 16.9 Å². The zero-order valence-corrected chi connectivity index (χ0v) is 24.3. The first kappa shape index (κ1) is 29.5. The molecule has 0 spiro atoms. The Bertz CT molecular complexity index is 1960. The van der Waals surface area contributed by atoms with Gasteiger partial charge in [0.15, 0.2) is 17.2 Å². The minimum atomic E-state index is -4.25. The molecule has 3 aromatic heterocycles. The van der Waals surface area contributed by atoms with Crippen molar-refractivity contribution in [1.82, 2.24) is 29.9 Å². The zero-order chi connectivity index (χ0) is 32.3. The van der Waals surface area contributed by atoms with Crippen molar-refractivity contribution in [2.45, 2.75) is 51.3 Å². The molecule has 1 fully saturated rings. The number of anilines is 1. The summed E-state index contributed by atoms with van der Waals surface area (Å²) < 4.78 is 63.4. The Morgan fingerprint density at radius 3 is 2.63 bits per heavy atom. The fourth-order valence-electron chi connectivity index (χ4n) is 5.86. The summed E-state index contributed by atoms with van der Waals surface area (Å²) in [6, 6.07) is 3.88. The van der Waals surface area contributed by atoms with Crippen LogP contribution in [-0.4, -0.2) is 47.9 Å². The van der Waals surface area contributed by atoms with Gasteiger partial charge in [0.25, 0.3) is 5.91 Å². The predicted molar refractivity (Wildman–Crippen MR) is 156 cm³/mol. The van der Waals surface area contributed by atoms with Crippen molar-refractivity contribution in [2.24, 2.45) is 17.6 Å². The van der Waals surface area contributed by atoms with E-state index in [9.17, 15) is 27.2 Å². The van der Waals surface area contributed by atoms with Crippen molar-refractivity contribution in [3.05, 3.63) is 77.5 Å². The second-order valence-corrected chi connectivity index (χ2v) is 11.6. The maximum atomic E-state index is 14.9. The third kappa shape index (κ3) is 5.24. The molecule has 15 heteroatoms. The Kier molecular flexibility index (Phi) is 7.05. The Morgan fingerprint density at radius 2 is 1.96 bits per heavy atom. The summed E-state index contributed by atoms with van der Waals surface area (Å²) in [5, 5.41) is 8.72. The van der Waals surface area contributed by atoms with E-state index in [-0.39, 0.29) is 57.3 Å². The van der Waals surface area contributed by atoms with E-state index in [0.29, 0.717) is 30.1 Å². The fourth-order valence-corrected chi connectivity index (χ4v) is 5.86. The highest BCUT2D eigenvalue weighted by Crippen LogP contribution is 2.45. The minimum Gasteiger partial charge on any atom is -0.423 e. The summed E-state index contributed by atoms with van der Waals surface area (Å²) in [5.74, 6) is -3.75. The number of hydrogen-bond donors (Lipinski definition) is 1. The molecule has 2 amide bonds. The van der Waals surface area contributed by atoms with Crippen molar-refractivity contribution >= 4 is 28.7 Å². The van der Waals surface area contributed by atoms with Gasteiger partial charge in [-0.3, -0.25) is 14.5 Å². The van der Waals surface area contributed by atoms with Gasteiger partial charge < -0.3 is 10.5 Å². The van der Waals surface area contributed by atoms with Gasteiger partial charge in [0.2, 0.25) is 0 Å². The molecule has 4 aromatic rings. The lowest BCUT2D eigenvalue weighted by atomic mass is 9.93. The van der Waals surface area contributed by atoms with E-state index in [4.69, 9.17) is 15.5 Å². The second-order valence-electron chi connectivity index (χ2n) is 11.6. The van der Waals surface area contributed by atoms with Gasteiger partial charge in [-0.25, -0.2) is 28.4 Å². The Morgan fingerprint density at radius 1 is 1.20 bits per heavy atom. The van der Waals surface area contributed by atoms with Crippen LogP contribution < -0.4 is 15.4 Å². The molecule has 2 aliphatic carbocycles. The number of pyridine rings is 1. The third-order valence-corrected chi connectivity index (χ3v) is 8.45. The number of primary amides is 1. The number of aromatic nitrogens is 6. The van der Waals surface area contributed by atoms with Gasteiger partial charge in [-0.1, -0.05) is 17.4 Å². The standard InChI is InChI=1S/C31H26F4N8O3/c1-15(17-4-7-19(32)8-5-17)43-29-27(40-41-43)25(26(28(36)44)21(39-29)10-16-2-3-16)18-6-9-22-23(11-18)46-31(34,35)30(45)42(22)14-24-37-12-20(33)13-38-24/h4,6-9,11-13,15-17H,2-3,5,10,14H2,1H3,(H2,36,44)/t15-,17?/m0/s1. The molecule has 0 radical (unpaired) electrons. The average Bonchev–Trinajstić information content (AvgIpc) is 3.74. The number of rotatable bonds is 8. The number of amides is 2. The van der Waals surface area contributed by atoms with Gasteiger partial charge in [-0.05, 0) is 68.4 Å². The van der Waals surface area contributed by atoms with E-state index in [1.54, 1.807) is 10.8 Å². The summed E-state index contributed by atoms with van der Waals surface area (Å²) in [6.07, 6.45) is 4.91. The number of fused-ring (bicyclic) bond motifs is 2. The quantitative estimate of drug-likeness (QED) is 0.268. The van der Waals surface area contributed by atoms with Gasteiger partial charge in [0, 0.05) is 11.5 Å². The van der Waals surface area contributed by atoms with Crippen molar-refractivity contribution in [3.63, 3.8) is 0 Å². The number of benzene rings is 1. The number of allylic oxidation sites excluding steroid dienone is 4. The van der Waals surface area contributed by atoms with E-state index < -0.39 is 30.3 Å². The van der Waals surface area contributed by atoms with E-state index in [2.05, 4.69) is 20.3 Å². The monoisotopic (exact) mass is 634 g/mol. The molecular formula is C31H26F4N8O3. The molecule has 7 rings (SSSR count). The summed E-state index contributed by atoms with van der Waals surface area (Å²) in [5.41, 5.74) is 7.45. The number of halogens is 4. The SMILES string of the molecule is C[C@@H](C1C=CC(F)=CC1)n1nnc2c(-c3ccc4c(c3)OC(F)(F)C(=O)N4Cc3ncc(F)cn3)c(C(N)=O)c(CC3CC3)nc21. The first-order chi connectivity index (χ1) is 22.0. The number of alkyl halides is 2. The Labute approximate surface area is 258 Å². The molecule has 1 unspecified atom stereocenters. The van der Waals surface area contributed by atoms with Crippen LogP contribution in [0.15, 0.2) is 54.6 Å². The van der Waals surface area contributed by atoms with E-state index >= 15 is 0 Å². The lowest BCUT2D eigenvalue weighted by molar-refractivity contribution is -0.193. The molecule has 1 aliphatic heterocycles. The molecule has 2 N–H and O–H groups in total. The molecule has 0 bridgehead atoms. The lowest BCUT2D eigenvalue weighted by Gasteiger charge is -2.33. The maximum absolute atomic E-state index is 14.9. The van der Waals surface area contributed by atoms with Crippen molar-refractivity contribution in [1.29, 1.82) is 0 Å². The molecule has 0 saturated heterocycles. The first-order valence-corrected chi connectivity index (χ1v) is 14.6. The summed E-state index contributed by atoms with van der Waals surface area (Å²) in [4.78, 5) is 38.9. The van der Waals surface area contributed by atoms with Gasteiger partial charge in [-0.2, -0.15) is 8.78 Å². The highest BCUT2D eigenvalue weighted by Gasteiger charge is 2.51. The van der Waals surface area contributed by atoms with Gasteiger partial charge in [-0.15, -0.1) is 5.10 Å². The number of carbonyl (C=O) groups is 2. The van der Waals surface area contributed by atoms with Crippen LogP contribution in [0.3, 0.4) is 0 Å². The minimum absolute atomic E-state index is 0.0154. The molecular weight excluding hydrogens is 608 g/mol. The van der Waals surface area contributed by atoms with Crippen LogP contribution in [0.1, 0.15) is 54.1 Å². The van der Waals surface area contributed by atoms with Crippen LogP contribution in [0, 0.1) is 17.7 Å². The number of nitrogens with zero attached hydrogens (tertiary/aromatic N) is 7. The fraction of sp³-hybridized carbons (Fsp3) is 0.323. The predicted octanol–water partition coefficient (Wildman–Crippen LogP) is 4.98. The molecule has 1 saturated carbocycles. The second kappa shape index (κ2) is 11.0. The smallest absolute Gasteiger partial charge is 0.423 e. The Balaban J connectivity index is 1.37. The number of carbonyl (C=O) groups excluding carboxylic acids is 2. The number of ether oxygens (including phenoxy) is 1. The highest BCUT2D eigenvalue weighted by molar-refractivity contribution is 6.08. The molecule has 2 atom stereocenters. The molecule has 3 aliphatic rings. The maximum Gasteiger partial charge on any atom is 0.482 e. The number of hydrogen-bond acceptors (Lipinski definition) is 8. The summed E-state index contributed by atoms with van der Waals surface area (Å²) >= 11 is 0. The summed E-state index contributed by atoms with van der Waals surface area (Å²) in [6.45, 7) is 1.41. The van der Waals surface area contributed by atoms with E-state index in [0.717, 1.165) is 30.1 Å². The topological polar surface area (TPSA) is 142 Å². The van der Waals surface area contributed by atoms with Crippen LogP contribution in [0.5, 0.6) is 5.75 Å². The Hall–Kier alpha value is -5.21. The first-order valence-electron chi connectivity index (χ1n) is 14.6. The largest absolute Gasteiger partial charge is 0.482 e. The number of nitrogens with two attached hydrogens (primary N) is 1. The highest BCUT2D eigenvalue weighted by atomic mass is 19.3. The van der Waals surface area contributed by atoms with Crippen LogP contribution in [-0.2, 0) is 17.8 Å². The van der Waals surface area contributed by atoms with Crippen molar-refractivity contribution < 1.29 is 31.9 Å². The van der Waals surface area contributed by atoms with Gasteiger partial charge >= 0.3 is 12.0 Å². The van der Waals surface area contributed by atoms with Crippen LogP contribution in [0.25, 0.3) is 22.3 Å². The zero-order valence-electron chi connectivity index (χ0n) is 24.3. The van der Waals surface area contributed by atoms with Crippen molar-refractivity contribution in [2.75, 3.05) is 4.90 Å². The summed E-state index contributed by atoms with van der Waals surface area (Å²) in [7, 11) is 0. The normalized spacial score (nSPS) is 19.5. The van der Waals surface area contributed by atoms with Crippen LogP contribution in [0.2, 0.25) is 0 Å². The van der Waals surface area contributed by atoms with Crippen LogP contribution >= 0.6 is 0 Å². The molecule has 4 heterocycles. The molecule has 46 heavy (non-hydrogen) atoms. The average molecular weight is 635 g/mol. The lowest BCUT2D eigenvalue weighted by Crippen LogP contribution is -2.50. The molecule has 11 nitrogen and oxygen atoms in total.